The fraction of sp³-hybridized carbons (Fsp3) is 0.211. The normalized spacial score (nSPS) is 10.8. The second-order valence-corrected chi connectivity index (χ2v) is 8.35. The van der Waals surface area contributed by atoms with E-state index in [-0.39, 0.29) is 5.91 Å². The van der Waals surface area contributed by atoms with Crippen molar-refractivity contribution in [1.29, 1.82) is 0 Å². The van der Waals surface area contributed by atoms with E-state index in [2.05, 4.69) is 29.4 Å². The third-order valence-corrected chi connectivity index (χ3v) is 5.45. The van der Waals surface area contributed by atoms with Gasteiger partial charge in [0.15, 0.2) is 0 Å². The number of benzene rings is 2. The fourth-order valence-electron chi connectivity index (χ4n) is 2.30. The van der Waals surface area contributed by atoms with Gasteiger partial charge in [-0.15, -0.1) is 22.0 Å². The van der Waals surface area contributed by atoms with Crippen molar-refractivity contribution in [3.8, 4) is 16.3 Å². The van der Waals surface area contributed by atoms with E-state index in [4.69, 9.17) is 4.74 Å². The number of aromatic nitrogens is 2. The van der Waals surface area contributed by atoms with Crippen LogP contribution in [0.25, 0.3) is 10.6 Å². The van der Waals surface area contributed by atoms with Crippen LogP contribution in [0, 0.1) is 0 Å². The largest absolute Gasteiger partial charge is 0.497 e. The zero-order valence-corrected chi connectivity index (χ0v) is 16.4. The van der Waals surface area contributed by atoms with Gasteiger partial charge in [-0.3, -0.25) is 10.1 Å². The minimum Gasteiger partial charge on any atom is -0.497 e. The Morgan fingerprint density at radius 1 is 1.12 bits per heavy atom. The molecule has 1 amide bonds. The molecule has 5 nitrogen and oxygen atoms in total. The third-order valence-electron chi connectivity index (χ3n) is 3.48. The molecule has 1 N–H and O–H groups in total. The van der Waals surface area contributed by atoms with E-state index in [0.29, 0.717) is 15.9 Å². The van der Waals surface area contributed by atoms with Gasteiger partial charge in [0.2, 0.25) is 5.13 Å². The molecule has 0 bridgehead atoms. The van der Waals surface area contributed by atoms with Crippen molar-refractivity contribution in [3.63, 3.8) is 0 Å². The van der Waals surface area contributed by atoms with Crippen LogP contribution in [0.5, 0.6) is 5.75 Å². The van der Waals surface area contributed by atoms with Gasteiger partial charge in [0.05, 0.1) is 12.7 Å². The molecule has 26 heavy (non-hydrogen) atoms. The number of ether oxygens (including phenoxy) is 1. The molecule has 3 rings (SSSR count). The monoisotopic (exact) mass is 385 g/mol. The Morgan fingerprint density at radius 2 is 1.85 bits per heavy atom. The predicted molar refractivity (Wildman–Crippen MR) is 107 cm³/mol. The molecule has 7 heteroatoms. The van der Waals surface area contributed by atoms with E-state index < -0.39 is 0 Å². The number of nitrogens with zero attached hydrogens (tertiary/aromatic N) is 2. The predicted octanol–water partition coefficient (Wildman–Crippen LogP) is 4.97. The SMILES string of the molecule is COc1ccc(-c2nnc(NC(=O)c3ccccc3SC(C)C)s2)cc1. The first-order valence-electron chi connectivity index (χ1n) is 8.12. The number of hydrogen-bond acceptors (Lipinski definition) is 6. The van der Waals surface area contributed by atoms with Gasteiger partial charge in [-0.25, -0.2) is 0 Å². The number of thioether (sulfide) groups is 1. The second kappa shape index (κ2) is 8.33. The number of carbonyl (C=O) groups is 1. The Labute approximate surface area is 160 Å². The minimum absolute atomic E-state index is 0.175. The van der Waals surface area contributed by atoms with Crippen molar-refractivity contribution in [3.05, 3.63) is 54.1 Å². The van der Waals surface area contributed by atoms with Crippen LogP contribution in [0.3, 0.4) is 0 Å². The average molecular weight is 386 g/mol. The van der Waals surface area contributed by atoms with Crippen molar-refractivity contribution in [2.75, 3.05) is 12.4 Å². The van der Waals surface area contributed by atoms with Gasteiger partial charge in [0.25, 0.3) is 5.91 Å². The molecule has 1 aromatic heterocycles. The Kier molecular flexibility index (Phi) is 5.90. The number of anilines is 1. The number of methoxy groups -OCH3 is 1. The smallest absolute Gasteiger partial charge is 0.258 e. The standard InChI is InChI=1S/C19H19N3O2S2/c1-12(2)25-16-7-5-4-6-15(16)17(23)20-19-22-21-18(26-19)13-8-10-14(24-3)11-9-13/h4-12H,1-3H3,(H,20,22,23). The summed E-state index contributed by atoms with van der Waals surface area (Å²) in [5.41, 5.74) is 1.58. The number of rotatable bonds is 6. The van der Waals surface area contributed by atoms with Crippen LogP contribution >= 0.6 is 23.1 Å². The summed E-state index contributed by atoms with van der Waals surface area (Å²) in [4.78, 5) is 13.6. The highest BCUT2D eigenvalue weighted by Gasteiger charge is 2.15. The summed E-state index contributed by atoms with van der Waals surface area (Å²) >= 11 is 3.00. The summed E-state index contributed by atoms with van der Waals surface area (Å²) in [5.74, 6) is 0.609. The molecule has 0 radical (unpaired) electrons. The highest BCUT2D eigenvalue weighted by atomic mass is 32.2. The maximum absolute atomic E-state index is 12.6. The highest BCUT2D eigenvalue weighted by Crippen LogP contribution is 2.30. The third kappa shape index (κ3) is 4.42. The summed E-state index contributed by atoms with van der Waals surface area (Å²) in [6.07, 6.45) is 0. The summed E-state index contributed by atoms with van der Waals surface area (Å²) in [5, 5.41) is 12.7. The lowest BCUT2D eigenvalue weighted by Crippen LogP contribution is -2.13. The molecule has 3 aromatic rings. The first-order chi connectivity index (χ1) is 12.6. The van der Waals surface area contributed by atoms with Crippen LogP contribution in [0.1, 0.15) is 24.2 Å². The summed E-state index contributed by atoms with van der Waals surface area (Å²) in [6.45, 7) is 4.20. The van der Waals surface area contributed by atoms with E-state index in [0.717, 1.165) is 21.2 Å². The van der Waals surface area contributed by atoms with Crippen LogP contribution in [0.2, 0.25) is 0 Å². The van der Waals surface area contributed by atoms with Gasteiger partial charge in [0.1, 0.15) is 10.8 Å². The fourth-order valence-corrected chi connectivity index (χ4v) is 4.00. The zero-order valence-electron chi connectivity index (χ0n) is 14.7. The van der Waals surface area contributed by atoms with Crippen molar-refractivity contribution in [1.82, 2.24) is 10.2 Å². The lowest BCUT2D eigenvalue weighted by Gasteiger charge is -2.10. The Bertz CT molecular complexity index is 892. The number of amides is 1. The molecular weight excluding hydrogens is 366 g/mol. The zero-order chi connectivity index (χ0) is 18.5. The average Bonchev–Trinajstić information content (AvgIpc) is 3.10. The van der Waals surface area contributed by atoms with E-state index in [1.807, 2.05) is 48.5 Å². The molecule has 0 unspecified atom stereocenters. The van der Waals surface area contributed by atoms with E-state index in [1.165, 1.54) is 11.3 Å². The van der Waals surface area contributed by atoms with Gasteiger partial charge in [-0.2, -0.15) is 0 Å². The van der Waals surface area contributed by atoms with Gasteiger partial charge in [-0.1, -0.05) is 37.3 Å². The van der Waals surface area contributed by atoms with E-state index in [9.17, 15) is 4.79 Å². The molecule has 0 aliphatic heterocycles. The summed E-state index contributed by atoms with van der Waals surface area (Å²) in [7, 11) is 1.63. The Morgan fingerprint density at radius 3 is 2.54 bits per heavy atom. The van der Waals surface area contributed by atoms with Crippen molar-refractivity contribution >= 4 is 34.1 Å². The molecule has 0 saturated carbocycles. The minimum atomic E-state index is -0.175. The van der Waals surface area contributed by atoms with Crippen LogP contribution in [-0.4, -0.2) is 28.5 Å². The molecule has 0 saturated heterocycles. The summed E-state index contributed by atoms with van der Waals surface area (Å²) < 4.78 is 5.16. The van der Waals surface area contributed by atoms with E-state index in [1.54, 1.807) is 18.9 Å². The Hall–Kier alpha value is -2.38. The first kappa shape index (κ1) is 18.4. The molecule has 0 spiro atoms. The van der Waals surface area contributed by atoms with Crippen LogP contribution in [-0.2, 0) is 0 Å². The molecule has 0 aliphatic carbocycles. The summed E-state index contributed by atoms with van der Waals surface area (Å²) in [6, 6.07) is 15.2. The maximum Gasteiger partial charge on any atom is 0.258 e. The molecule has 0 atom stereocenters. The van der Waals surface area contributed by atoms with Crippen LogP contribution in [0.4, 0.5) is 5.13 Å². The molecule has 1 heterocycles. The quantitative estimate of drug-likeness (QED) is 0.607. The van der Waals surface area contributed by atoms with Crippen molar-refractivity contribution < 1.29 is 9.53 Å². The maximum atomic E-state index is 12.6. The second-order valence-electron chi connectivity index (χ2n) is 5.76. The van der Waals surface area contributed by atoms with Crippen molar-refractivity contribution in [2.24, 2.45) is 0 Å². The van der Waals surface area contributed by atoms with Crippen LogP contribution in [0.15, 0.2) is 53.4 Å². The lowest BCUT2D eigenvalue weighted by molar-refractivity contribution is 0.102. The van der Waals surface area contributed by atoms with Gasteiger partial charge in [0, 0.05) is 15.7 Å². The topological polar surface area (TPSA) is 64.1 Å². The number of nitrogens with one attached hydrogen (secondary N) is 1. The van der Waals surface area contributed by atoms with Crippen molar-refractivity contribution in [2.45, 2.75) is 24.0 Å². The highest BCUT2D eigenvalue weighted by molar-refractivity contribution is 8.00. The van der Waals surface area contributed by atoms with Gasteiger partial charge in [-0.05, 0) is 36.4 Å². The van der Waals surface area contributed by atoms with E-state index >= 15 is 0 Å². The van der Waals surface area contributed by atoms with Gasteiger partial charge >= 0.3 is 0 Å². The molecule has 134 valence electrons. The van der Waals surface area contributed by atoms with Crippen LogP contribution < -0.4 is 10.1 Å². The molecular formula is C19H19N3O2S2. The number of carbonyl (C=O) groups excluding carboxylic acids is 1. The number of hydrogen-bond donors (Lipinski definition) is 1. The molecule has 0 fully saturated rings. The first-order valence-corrected chi connectivity index (χ1v) is 9.81. The van der Waals surface area contributed by atoms with Gasteiger partial charge < -0.3 is 4.74 Å². The Balaban J connectivity index is 1.76. The molecule has 0 aliphatic rings. The lowest BCUT2D eigenvalue weighted by atomic mass is 10.2. The molecule has 2 aromatic carbocycles.